The van der Waals surface area contributed by atoms with Crippen molar-refractivity contribution >= 4 is 16.9 Å². The van der Waals surface area contributed by atoms with Crippen LogP contribution in [0.4, 0.5) is 5.82 Å². The zero-order valence-electron chi connectivity index (χ0n) is 12.3. The van der Waals surface area contributed by atoms with Crippen LogP contribution in [0.5, 0.6) is 0 Å². The van der Waals surface area contributed by atoms with E-state index in [1.165, 1.54) is 0 Å². The van der Waals surface area contributed by atoms with Crippen LogP contribution in [0.25, 0.3) is 11.0 Å². The average Bonchev–Trinajstić information content (AvgIpc) is 3.10. The minimum atomic E-state index is -0.707. The monoisotopic (exact) mass is 306 g/mol. The minimum Gasteiger partial charge on any atom is -0.394 e. The maximum Gasteiger partial charge on any atom is 0.165 e. The predicted octanol–water partition coefficient (Wildman–Crippen LogP) is 0.423. The van der Waals surface area contributed by atoms with Crippen molar-refractivity contribution in [3.8, 4) is 0 Å². The first-order valence-electron chi connectivity index (χ1n) is 7.19. The summed E-state index contributed by atoms with van der Waals surface area (Å²) in [4.78, 5) is 8.33. The summed E-state index contributed by atoms with van der Waals surface area (Å²) in [5.41, 5.74) is 7.28. The molecule has 2 fully saturated rings. The number of rotatable bonds is 2. The number of hydrogen-bond acceptors (Lipinski definition) is 7. The van der Waals surface area contributed by atoms with Crippen LogP contribution in [0.2, 0.25) is 0 Å². The van der Waals surface area contributed by atoms with Gasteiger partial charge in [-0.05, 0) is 19.9 Å². The lowest BCUT2D eigenvalue weighted by atomic mass is 10.1. The highest BCUT2D eigenvalue weighted by atomic mass is 16.8. The Hall–Kier alpha value is -1.74. The van der Waals surface area contributed by atoms with E-state index in [-0.39, 0.29) is 18.8 Å². The number of imidazole rings is 1. The van der Waals surface area contributed by atoms with Crippen molar-refractivity contribution in [2.24, 2.45) is 0 Å². The minimum absolute atomic E-state index is 0.132. The van der Waals surface area contributed by atoms with Gasteiger partial charge in [-0.15, -0.1) is 0 Å². The van der Waals surface area contributed by atoms with Crippen molar-refractivity contribution in [1.29, 1.82) is 0 Å². The second kappa shape index (κ2) is 4.63. The number of pyridine rings is 1. The lowest BCUT2D eigenvalue weighted by Gasteiger charge is -2.24. The SMILES string of the molecule is CC1(C)OC2C(CO)OC(n3cnc4c(N)nccc43)C2O1. The molecule has 0 saturated carbocycles. The first-order chi connectivity index (χ1) is 10.5. The van der Waals surface area contributed by atoms with Crippen molar-refractivity contribution < 1.29 is 19.3 Å². The summed E-state index contributed by atoms with van der Waals surface area (Å²) in [6.07, 6.45) is 1.77. The number of ether oxygens (including phenoxy) is 3. The fraction of sp³-hybridized carbons (Fsp3) is 0.571. The summed E-state index contributed by atoms with van der Waals surface area (Å²) < 4.78 is 19.6. The van der Waals surface area contributed by atoms with E-state index in [2.05, 4.69) is 9.97 Å². The normalized spacial score (nSPS) is 33.4. The third-order valence-electron chi connectivity index (χ3n) is 4.10. The molecule has 4 heterocycles. The molecule has 0 aromatic carbocycles. The first kappa shape index (κ1) is 13.9. The number of nitrogen functional groups attached to an aromatic ring is 1. The predicted molar refractivity (Wildman–Crippen MR) is 76.8 cm³/mol. The molecule has 3 N–H and O–H groups in total. The quantitative estimate of drug-likeness (QED) is 0.828. The summed E-state index contributed by atoms with van der Waals surface area (Å²) in [5, 5.41) is 9.54. The van der Waals surface area contributed by atoms with Gasteiger partial charge in [-0.3, -0.25) is 0 Å². The molecule has 8 nitrogen and oxygen atoms in total. The maximum atomic E-state index is 9.54. The molecule has 2 saturated heterocycles. The molecule has 4 rings (SSSR count). The van der Waals surface area contributed by atoms with Gasteiger partial charge in [0.2, 0.25) is 0 Å². The van der Waals surface area contributed by atoms with Gasteiger partial charge < -0.3 is 29.6 Å². The standard InChI is InChI=1S/C14H18N4O4/c1-14(2)21-10-8(5-19)20-13(11(10)22-14)18-6-17-9-7(18)3-4-16-12(9)15/h3-4,6,8,10-11,13,19H,5H2,1-2H3,(H2,15,16). The van der Waals surface area contributed by atoms with Crippen LogP contribution in [-0.4, -0.2) is 50.3 Å². The highest BCUT2D eigenvalue weighted by molar-refractivity contribution is 5.84. The molecule has 0 radical (unpaired) electrons. The first-order valence-corrected chi connectivity index (χ1v) is 7.19. The van der Waals surface area contributed by atoms with E-state index in [1.807, 2.05) is 24.5 Å². The molecule has 2 aromatic rings. The molecule has 0 aliphatic carbocycles. The molecule has 2 aliphatic heterocycles. The van der Waals surface area contributed by atoms with Gasteiger partial charge in [0, 0.05) is 6.20 Å². The lowest BCUT2D eigenvalue weighted by Crippen LogP contribution is -2.31. The van der Waals surface area contributed by atoms with Crippen LogP contribution < -0.4 is 5.73 Å². The Balaban J connectivity index is 1.77. The van der Waals surface area contributed by atoms with E-state index in [0.29, 0.717) is 11.3 Å². The van der Waals surface area contributed by atoms with Crippen LogP contribution in [0.15, 0.2) is 18.6 Å². The van der Waals surface area contributed by atoms with Gasteiger partial charge in [-0.1, -0.05) is 0 Å². The molecular weight excluding hydrogens is 288 g/mol. The van der Waals surface area contributed by atoms with Crippen molar-refractivity contribution in [3.05, 3.63) is 18.6 Å². The Morgan fingerprint density at radius 2 is 2.09 bits per heavy atom. The Morgan fingerprint density at radius 3 is 2.86 bits per heavy atom. The second-order valence-electron chi connectivity index (χ2n) is 6.03. The highest BCUT2D eigenvalue weighted by Crippen LogP contribution is 2.43. The number of aliphatic hydroxyl groups is 1. The van der Waals surface area contributed by atoms with Crippen LogP contribution in [0, 0.1) is 0 Å². The Labute approximate surface area is 126 Å². The molecule has 118 valence electrons. The fourth-order valence-electron chi connectivity index (χ4n) is 3.22. The van der Waals surface area contributed by atoms with Crippen molar-refractivity contribution in [2.75, 3.05) is 12.3 Å². The number of anilines is 1. The number of nitrogens with two attached hydrogens (primary N) is 1. The largest absolute Gasteiger partial charge is 0.394 e. The zero-order valence-corrected chi connectivity index (χ0v) is 12.3. The average molecular weight is 306 g/mol. The highest BCUT2D eigenvalue weighted by Gasteiger charge is 2.55. The van der Waals surface area contributed by atoms with E-state index in [9.17, 15) is 5.11 Å². The van der Waals surface area contributed by atoms with Crippen LogP contribution >= 0.6 is 0 Å². The van der Waals surface area contributed by atoms with Gasteiger partial charge in [-0.25, -0.2) is 9.97 Å². The molecule has 22 heavy (non-hydrogen) atoms. The number of hydrogen-bond donors (Lipinski definition) is 2. The zero-order chi connectivity index (χ0) is 15.5. The Bertz CT molecular complexity index is 716. The van der Waals surface area contributed by atoms with Crippen LogP contribution in [0.1, 0.15) is 20.1 Å². The molecule has 2 aromatic heterocycles. The molecule has 0 amide bonds. The second-order valence-corrected chi connectivity index (χ2v) is 6.03. The summed E-state index contributed by atoms with van der Waals surface area (Å²) in [6, 6.07) is 1.82. The molecule has 4 atom stereocenters. The third kappa shape index (κ3) is 1.92. The molecule has 0 bridgehead atoms. The summed E-state index contributed by atoms with van der Waals surface area (Å²) in [5.74, 6) is -0.338. The van der Waals surface area contributed by atoms with Gasteiger partial charge in [0.25, 0.3) is 0 Å². The third-order valence-corrected chi connectivity index (χ3v) is 4.10. The number of fused-ring (bicyclic) bond motifs is 2. The molecule has 2 aliphatic rings. The molecule has 0 spiro atoms. The number of aromatic nitrogens is 3. The molecule has 4 unspecified atom stereocenters. The summed E-state index contributed by atoms with van der Waals surface area (Å²) in [6.45, 7) is 3.57. The summed E-state index contributed by atoms with van der Waals surface area (Å²) >= 11 is 0. The van der Waals surface area contributed by atoms with E-state index < -0.39 is 18.1 Å². The fourth-order valence-corrected chi connectivity index (χ4v) is 3.22. The smallest absolute Gasteiger partial charge is 0.165 e. The van der Waals surface area contributed by atoms with E-state index in [0.717, 1.165) is 5.52 Å². The Morgan fingerprint density at radius 1 is 1.32 bits per heavy atom. The van der Waals surface area contributed by atoms with Crippen molar-refractivity contribution in [1.82, 2.24) is 14.5 Å². The lowest BCUT2D eigenvalue weighted by molar-refractivity contribution is -0.199. The van der Waals surface area contributed by atoms with Crippen LogP contribution in [0.3, 0.4) is 0 Å². The molecule has 8 heteroatoms. The van der Waals surface area contributed by atoms with Gasteiger partial charge >= 0.3 is 0 Å². The van der Waals surface area contributed by atoms with Gasteiger partial charge in [0.15, 0.2) is 17.8 Å². The van der Waals surface area contributed by atoms with E-state index in [4.69, 9.17) is 19.9 Å². The van der Waals surface area contributed by atoms with E-state index >= 15 is 0 Å². The van der Waals surface area contributed by atoms with Crippen molar-refractivity contribution in [2.45, 2.75) is 44.2 Å². The van der Waals surface area contributed by atoms with Crippen molar-refractivity contribution in [3.63, 3.8) is 0 Å². The molecular formula is C14H18N4O4. The maximum absolute atomic E-state index is 9.54. The number of aliphatic hydroxyl groups excluding tert-OH is 1. The topological polar surface area (TPSA) is 105 Å². The summed E-state index contributed by atoms with van der Waals surface area (Å²) in [7, 11) is 0. The van der Waals surface area contributed by atoms with Gasteiger partial charge in [0.05, 0.1) is 18.5 Å². The van der Waals surface area contributed by atoms with Gasteiger partial charge in [0.1, 0.15) is 23.8 Å². The van der Waals surface area contributed by atoms with Crippen LogP contribution in [-0.2, 0) is 14.2 Å². The number of nitrogens with zero attached hydrogens (tertiary/aromatic N) is 3. The van der Waals surface area contributed by atoms with Gasteiger partial charge in [-0.2, -0.15) is 0 Å². The Kier molecular flexibility index (Phi) is 2.92. The van der Waals surface area contributed by atoms with E-state index in [1.54, 1.807) is 12.5 Å².